The number of aromatic hydroxyl groups is 1. The van der Waals surface area contributed by atoms with Crippen molar-refractivity contribution in [2.24, 2.45) is 0 Å². The molecule has 0 atom stereocenters. The molecule has 0 aliphatic carbocycles. The summed E-state index contributed by atoms with van der Waals surface area (Å²) in [6.45, 7) is 0. The van der Waals surface area contributed by atoms with Crippen molar-refractivity contribution in [3.63, 3.8) is 0 Å². The summed E-state index contributed by atoms with van der Waals surface area (Å²) in [5.74, 6) is -0.914. The molecule has 2 aromatic carbocycles. The van der Waals surface area contributed by atoms with E-state index in [-0.39, 0.29) is 5.75 Å². The SMILES string of the molecule is O=S(=O)(O)c1cccc(O)c1S(=O)(=O)Oc1ccccc1. The third-order valence-electron chi connectivity index (χ3n) is 2.44. The largest absolute Gasteiger partial charge is 0.506 e. The van der Waals surface area contributed by atoms with Crippen molar-refractivity contribution in [2.45, 2.75) is 9.79 Å². The quantitative estimate of drug-likeness (QED) is 0.642. The summed E-state index contributed by atoms with van der Waals surface area (Å²) >= 11 is 0. The molecule has 21 heavy (non-hydrogen) atoms. The third-order valence-corrected chi connectivity index (χ3v) is 4.80. The van der Waals surface area contributed by atoms with Crippen LogP contribution in [0.4, 0.5) is 0 Å². The summed E-state index contributed by atoms with van der Waals surface area (Å²) in [6.07, 6.45) is 0. The van der Waals surface area contributed by atoms with Crippen molar-refractivity contribution >= 4 is 20.2 Å². The van der Waals surface area contributed by atoms with Crippen LogP contribution in [0.3, 0.4) is 0 Å². The first-order valence-electron chi connectivity index (χ1n) is 5.51. The van der Waals surface area contributed by atoms with Gasteiger partial charge in [-0.05, 0) is 24.3 Å². The van der Waals surface area contributed by atoms with Crippen LogP contribution in [0.5, 0.6) is 11.5 Å². The third kappa shape index (κ3) is 3.32. The molecule has 0 aliphatic heterocycles. The van der Waals surface area contributed by atoms with E-state index < -0.39 is 35.8 Å². The minimum absolute atomic E-state index is 0.0676. The molecular weight excluding hydrogens is 320 g/mol. The van der Waals surface area contributed by atoms with Crippen molar-refractivity contribution in [2.75, 3.05) is 0 Å². The second-order valence-corrected chi connectivity index (χ2v) is 6.80. The van der Waals surface area contributed by atoms with Crippen LogP contribution in [0.25, 0.3) is 0 Å². The zero-order valence-electron chi connectivity index (χ0n) is 10.4. The van der Waals surface area contributed by atoms with E-state index in [0.29, 0.717) is 0 Å². The first-order valence-corrected chi connectivity index (χ1v) is 8.35. The average Bonchev–Trinajstić information content (AvgIpc) is 2.37. The predicted molar refractivity (Wildman–Crippen MR) is 72.2 cm³/mol. The zero-order chi connectivity index (χ0) is 15.7. The fraction of sp³-hybridized carbons (Fsp3) is 0. The Hall–Kier alpha value is -2.10. The van der Waals surface area contributed by atoms with Crippen molar-refractivity contribution in [3.05, 3.63) is 48.5 Å². The number of hydrogen-bond acceptors (Lipinski definition) is 6. The van der Waals surface area contributed by atoms with Gasteiger partial charge in [-0.1, -0.05) is 24.3 Å². The van der Waals surface area contributed by atoms with E-state index in [1.54, 1.807) is 6.07 Å². The molecule has 7 nitrogen and oxygen atoms in total. The van der Waals surface area contributed by atoms with Gasteiger partial charge >= 0.3 is 10.1 Å². The van der Waals surface area contributed by atoms with Gasteiger partial charge in [-0.25, -0.2) is 0 Å². The second-order valence-electron chi connectivity index (χ2n) is 3.93. The molecule has 0 heterocycles. The number of rotatable bonds is 4. The van der Waals surface area contributed by atoms with Gasteiger partial charge in [0.1, 0.15) is 16.4 Å². The number of para-hydroxylation sites is 1. The Morgan fingerprint density at radius 2 is 1.48 bits per heavy atom. The lowest BCUT2D eigenvalue weighted by Gasteiger charge is -2.11. The Morgan fingerprint density at radius 1 is 0.857 bits per heavy atom. The van der Waals surface area contributed by atoms with Crippen LogP contribution in [0.1, 0.15) is 0 Å². The summed E-state index contributed by atoms with van der Waals surface area (Å²) < 4.78 is 60.5. The van der Waals surface area contributed by atoms with Crippen LogP contribution in [-0.2, 0) is 20.2 Å². The molecule has 0 bridgehead atoms. The summed E-state index contributed by atoms with van der Waals surface area (Å²) in [6, 6.07) is 10.2. The molecular formula is C12H10O7S2. The maximum absolute atomic E-state index is 12.1. The lowest BCUT2D eigenvalue weighted by atomic mass is 10.3. The normalized spacial score (nSPS) is 12.0. The molecule has 9 heteroatoms. The van der Waals surface area contributed by atoms with Gasteiger partial charge in [0.15, 0.2) is 4.90 Å². The van der Waals surface area contributed by atoms with E-state index in [1.165, 1.54) is 24.3 Å². The highest BCUT2D eigenvalue weighted by Crippen LogP contribution is 2.31. The molecule has 0 amide bonds. The number of phenols is 1. The molecule has 0 saturated heterocycles. The summed E-state index contributed by atoms with van der Waals surface area (Å²) in [5.41, 5.74) is 0. The Bertz CT molecular complexity index is 856. The Morgan fingerprint density at radius 3 is 2.05 bits per heavy atom. The number of phenolic OH excluding ortho intramolecular Hbond substituents is 1. The van der Waals surface area contributed by atoms with Crippen molar-refractivity contribution < 1.29 is 30.7 Å². The van der Waals surface area contributed by atoms with Gasteiger partial charge < -0.3 is 9.29 Å². The molecule has 0 aliphatic rings. The van der Waals surface area contributed by atoms with Gasteiger partial charge in [0, 0.05) is 0 Å². The summed E-state index contributed by atoms with van der Waals surface area (Å²) in [5, 5.41) is 9.63. The number of benzene rings is 2. The highest BCUT2D eigenvalue weighted by Gasteiger charge is 2.30. The van der Waals surface area contributed by atoms with E-state index >= 15 is 0 Å². The monoisotopic (exact) mass is 330 g/mol. The first-order chi connectivity index (χ1) is 9.72. The van der Waals surface area contributed by atoms with Crippen LogP contribution in [-0.4, -0.2) is 26.5 Å². The Labute approximate surface area is 121 Å². The highest BCUT2D eigenvalue weighted by molar-refractivity contribution is 7.89. The average molecular weight is 330 g/mol. The molecule has 0 radical (unpaired) electrons. The van der Waals surface area contributed by atoms with Crippen molar-refractivity contribution in [1.29, 1.82) is 0 Å². The van der Waals surface area contributed by atoms with Crippen LogP contribution in [0, 0.1) is 0 Å². The van der Waals surface area contributed by atoms with E-state index in [2.05, 4.69) is 0 Å². The molecule has 0 fully saturated rings. The van der Waals surface area contributed by atoms with Gasteiger partial charge in [-0.2, -0.15) is 16.8 Å². The summed E-state index contributed by atoms with van der Waals surface area (Å²) in [7, 11) is -9.50. The van der Waals surface area contributed by atoms with Crippen LogP contribution in [0.2, 0.25) is 0 Å². The van der Waals surface area contributed by atoms with E-state index in [4.69, 9.17) is 8.74 Å². The highest BCUT2D eigenvalue weighted by atomic mass is 32.2. The molecule has 2 aromatic rings. The van der Waals surface area contributed by atoms with Crippen LogP contribution < -0.4 is 4.18 Å². The fourth-order valence-electron chi connectivity index (χ4n) is 1.60. The lowest BCUT2D eigenvalue weighted by Crippen LogP contribution is -2.14. The maximum atomic E-state index is 12.1. The van der Waals surface area contributed by atoms with Gasteiger partial charge in [-0.15, -0.1) is 0 Å². The van der Waals surface area contributed by atoms with Gasteiger partial charge in [0.25, 0.3) is 10.1 Å². The minimum atomic E-state index is -4.85. The fourth-order valence-corrected chi connectivity index (χ4v) is 3.90. The van der Waals surface area contributed by atoms with Crippen molar-refractivity contribution in [1.82, 2.24) is 0 Å². The smallest absolute Gasteiger partial charge is 0.344 e. The molecule has 0 saturated carbocycles. The zero-order valence-corrected chi connectivity index (χ0v) is 12.0. The topological polar surface area (TPSA) is 118 Å². The molecule has 0 spiro atoms. The maximum Gasteiger partial charge on any atom is 0.344 e. The Kier molecular flexibility index (Phi) is 3.90. The van der Waals surface area contributed by atoms with E-state index in [9.17, 15) is 21.9 Å². The molecule has 0 aromatic heterocycles. The van der Waals surface area contributed by atoms with E-state index in [0.717, 1.165) is 18.2 Å². The Balaban J connectivity index is 2.61. The van der Waals surface area contributed by atoms with Gasteiger partial charge in [0.2, 0.25) is 0 Å². The van der Waals surface area contributed by atoms with Crippen molar-refractivity contribution in [3.8, 4) is 11.5 Å². The molecule has 0 unspecified atom stereocenters. The minimum Gasteiger partial charge on any atom is -0.506 e. The standard InChI is InChI=1S/C12H10O7S2/c13-10-7-4-8-11(20(14,15)16)12(10)21(17,18)19-9-5-2-1-3-6-9/h1-8,13H,(H,14,15,16). The lowest BCUT2D eigenvalue weighted by molar-refractivity contribution is 0.432. The number of hydrogen-bond donors (Lipinski definition) is 2. The van der Waals surface area contributed by atoms with Gasteiger partial charge in [-0.3, -0.25) is 4.55 Å². The predicted octanol–water partition coefficient (Wildman–Crippen LogP) is 1.41. The molecule has 2 N–H and O–H groups in total. The molecule has 2 rings (SSSR count). The van der Waals surface area contributed by atoms with E-state index in [1.807, 2.05) is 0 Å². The van der Waals surface area contributed by atoms with Crippen LogP contribution >= 0.6 is 0 Å². The summed E-state index contributed by atoms with van der Waals surface area (Å²) in [4.78, 5) is -1.98. The first kappa shape index (κ1) is 15.3. The van der Waals surface area contributed by atoms with Crippen LogP contribution in [0.15, 0.2) is 58.3 Å². The second kappa shape index (κ2) is 5.35. The van der Waals surface area contributed by atoms with Gasteiger partial charge in [0.05, 0.1) is 0 Å². The molecule has 112 valence electrons.